The molecule has 0 saturated carbocycles. The van der Waals surface area contributed by atoms with E-state index in [2.05, 4.69) is 46.3 Å². The molecular formula is C22H36FIN6. The third-order valence-corrected chi connectivity index (χ3v) is 4.95. The van der Waals surface area contributed by atoms with E-state index < -0.39 is 0 Å². The van der Waals surface area contributed by atoms with E-state index in [-0.39, 0.29) is 29.8 Å². The summed E-state index contributed by atoms with van der Waals surface area (Å²) in [6.45, 7) is 13.1. The zero-order valence-corrected chi connectivity index (χ0v) is 20.9. The maximum atomic E-state index is 14.4. The lowest BCUT2D eigenvalue weighted by Gasteiger charge is -2.21. The van der Waals surface area contributed by atoms with E-state index in [1.807, 2.05) is 13.0 Å². The van der Waals surface area contributed by atoms with Crippen molar-refractivity contribution in [3.63, 3.8) is 0 Å². The zero-order valence-electron chi connectivity index (χ0n) is 18.6. The lowest BCUT2D eigenvalue weighted by Crippen LogP contribution is -2.42. The molecule has 8 heteroatoms. The first kappa shape index (κ1) is 26.4. The average Bonchev–Trinajstić information content (AvgIpc) is 3.24. The molecule has 1 heterocycles. The fourth-order valence-electron chi connectivity index (χ4n) is 3.22. The van der Waals surface area contributed by atoms with Gasteiger partial charge in [-0.15, -0.1) is 24.0 Å². The molecule has 2 rings (SSSR count). The van der Waals surface area contributed by atoms with Crippen molar-refractivity contribution in [3.05, 3.63) is 48.3 Å². The number of imidazole rings is 1. The van der Waals surface area contributed by atoms with E-state index in [0.717, 1.165) is 50.5 Å². The summed E-state index contributed by atoms with van der Waals surface area (Å²) in [6, 6.07) is 5.52. The van der Waals surface area contributed by atoms with Crippen LogP contribution in [-0.2, 0) is 6.54 Å². The van der Waals surface area contributed by atoms with Crippen molar-refractivity contribution in [1.29, 1.82) is 0 Å². The van der Waals surface area contributed by atoms with Crippen LogP contribution in [0.2, 0.25) is 0 Å². The van der Waals surface area contributed by atoms with Crippen molar-refractivity contribution in [2.45, 2.75) is 53.1 Å². The molecule has 0 fully saturated rings. The van der Waals surface area contributed by atoms with Gasteiger partial charge in [-0.25, -0.2) is 14.4 Å². The summed E-state index contributed by atoms with van der Waals surface area (Å²) in [5.74, 6) is 0.486. The summed E-state index contributed by atoms with van der Waals surface area (Å²) in [4.78, 5) is 11.0. The number of guanidine groups is 1. The Labute approximate surface area is 197 Å². The monoisotopic (exact) mass is 530 g/mol. The fraction of sp³-hybridized carbons (Fsp3) is 0.545. The SMILES string of the molecule is CCNC(=NCc1ccc(-n2ccnc2)c(F)c1)NC(C)CCCN(CC)CC.I. The van der Waals surface area contributed by atoms with E-state index in [1.165, 1.54) is 6.07 Å². The molecular weight excluding hydrogens is 494 g/mol. The number of nitrogens with zero attached hydrogens (tertiary/aromatic N) is 4. The van der Waals surface area contributed by atoms with Crippen molar-refractivity contribution in [2.24, 2.45) is 4.99 Å². The highest BCUT2D eigenvalue weighted by molar-refractivity contribution is 14.0. The van der Waals surface area contributed by atoms with E-state index in [9.17, 15) is 4.39 Å². The molecule has 168 valence electrons. The summed E-state index contributed by atoms with van der Waals surface area (Å²) < 4.78 is 16.1. The van der Waals surface area contributed by atoms with E-state index in [4.69, 9.17) is 0 Å². The van der Waals surface area contributed by atoms with Crippen LogP contribution in [0.4, 0.5) is 4.39 Å². The van der Waals surface area contributed by atoms with Gasteiger partial charge in [0.05, 0.1) is 18.6 Å². The van der Waals surface area contributed by atoms with Gasteiger partial charge in [0.1, 0.15) is 5.82 Å². The summed E-state index contributed by atoms with van der Waals surface area (Å²) in [5.41, 5.74) is 1.32. The minimum atomic E-state index is -0.279. The van der Waals surface area contributed by atoms with Crippen LogP contribution in [0.3, 0.4) is 0 Å². The standard InChI is InChI=1S/C22H35FN6.HI/c1-5-25-22(27-18(4)9-8-13-28(6-2)7-3)26-16-19-10-11-21(20(23)15-19)29-14-12-24-17-29;/h10-12,14-15,17-18H,5-9,13,16H2,1-4H3,(H2,25,26,27);1H. The first-order chi connectivity index (χ1) is 14.1. The Morgan fingerprint density at radius 3 is 2.63 bits per heavy atom. The molecule has 0 radical (unpaired) electrons. The first-order valence-corrected chi connectivity index (χ1v) is 10.6. The van der Waals surface area contributed by atoms with Gasteiger partial charge in [0, 0.05) is 25.0 Å². The molecule has 0 amide bonds. The molecule has 1 atom stereocenters. The summed E-state index contributed by atoms with van der Waals surface area (Å²) in [6.07, 6.45) is 7.18. The number of hydrogen-bond donors (Lipinski definition) is 2. The van der Waals surface area contributed by atoms with Crippen LogP contribution < -0.4 is 10.6 Å². The molecule has 30 heavy (non-hydrogen) atoms. The van der Waals surface area contributed by atoms with Crippen molar-refractivity contribution < 1.29 is 4.39 Å². The second-order valence-electron chi connectivity index (χ2n) is 7.17. The molecule has 0 aliphatic carbocycles. The number of aromatic nitrogens is 2. The minimum Gasteiger partial charge on any atom is -0.357 e. The van der Waals surface area contributed by atoms with E-state index in [1.54, 1.807) is 29.4 Å². The largest absolute Gasteiger partial charge is 0.357 e. The van der Waals surface area contributed by atoms with Gasteiger partial charge in [-0.05, 0) is 64.0 Å². The molecule has 2 aromatic rings. The Bertz CT molecular complexity index is 746. The van der Waals surface area contributed by atoms with Gasteiger partial charge < -0.3 is 20.1 Å². The van der Waals surface area contributed by atoms with E-state index >= 15 is 0 Å². The number of aliphatic imine (C=N–C) groups is 1. The Kier molecular flexibility index (Phi) is 12.6. The van der Waals surface area contributed by atoms with Gasteiger partial charge in [-0.1, -0.05) is 19.9 Å². The predicted molar refractivity (Wildman–Crippen MR) is 133 cm³/mol. The van der Waals surface area contributed by atoms with Crippen LogP contribution in [0, 0.1) is 5.82 Å². The lowest BCUT2D eigenvalue weighted by atomic mass is 10.1. The number of halogens is 2. The zero-order chi connectivity index (χ0) is 21.1. The van der Waals surface area contributed by atoms with Crippen LogP contribution in [0.1, 0.15) is 46.1 Å². The van der Waals surface area contributed by atoms with Crippen molar-refractivity contribution in [2.75, 3.05) is 26.2 Å². The molecule has 0 aliphatic heterocycles. The van der Waals surface area contributed by atoms with Crippen LogP contribution in [0.25, 0.3) is 5.69 Å². The Morgan fingerprint density at radius 1 is 1.27 bits per heavy atom. The molecule has 0 saturated heterocycles. The predicted octanol–water partition coefficient (Wildman–Crippen LogP) is 4.20. The molecule has 1 aromatic carbocycles. The third kappa shape index (κ3) is 8.59. The maximum Gasteiger partial charge on any atom is 0.191 e. The number of hydrogen-bond acceptors (Lipinski definition) is 3. The van der Waals surface area contributed by atoms with Crippen LogP contribution in [0.5, 0.6) is 0 Å². The van der Waals surface area contributed by atoms with Gasteiger partial charge in [-0.2, -0.15) is 0 Å². The Balaban J connectivity index is 0.00000450. The topological polar surface area (TPSA) is 57.5 Å². The van der Waals surface area contributed by atoms with Crippen molar-refractivity contribution >= 4 is 29.9 Å². The molecule has 1 aromatic heterocycles. The number of nitrogens with one attached hydrogen (secondary N) is 2. The lowest BCUT2D eigenvalue weighted by molar-refractivity contribution is 0.292. The highest BCUT2D eigenvalue weighted by Crippen LogP contribution is 2.15. The van der Waals surface area contributed by atoms with Gasteiger partial charge >= 0.3 is 0 Å². The Hall–Kier alpha value is -1.68. The second-order valence-corrected chi connectivity index (χ2v) is 7.17. The average molecular weight is 530 g/mol. The van der Waals surface area contributed by atoms with E-state index in [0.29, 0.717) is 18.3 Å². The minimum absolute atomic E-state index is 0. The normalized spacial score (nSPS) is 12.5. The van der Waals surface area contributed by atoms with Crippen LogP contribution in [0.15, 0.2) is 41.9 Å². The van der Waals surface area contributed by atoms with Gasteiger partial charge in [-0.3, -0.25) is 0 Å². The fourth-order valence-corrected chi connectivity index (χ4v) is 3.22. The maximum absolute atomic E-state index is 14.4. The summed E-state index contributed by atoms with van der Waals surface area (Å²) in [5, 5.41) is 6.74. The van der Waals surface area contributed by atoms with Crippen LogP contribution in [-0.4, -0.2) is 52.6 Å². The molecule has 1 unspecified atom stereocenters. The smallest absolute Gasteiger partial charge is 0.191 e. The quantitative estimate of drug-likeness (QED) is 0.260. The van der Waals surface area contributed by atoms with Crippen molar-refractivity contribution in [3.8, 4) is 5.69 Å². The van der Waals surface area contributed by atoms with Crippen molar-refractivity contribution in [1.82, 2.24) is 25.1 Å². The first-order valence-electron chi connectivity index (χ1n) is 10.6. The highest BCUT2D eigenvalue weighted by Gasteiger charge is 2.08. The summed E-state index contributed by atoms with van der Waals surface area (Å²) >= 11 is 0. The molecule has 0 spiro atoms. The molecule has 0 aliphatic rings. The second kappa shape index (κ2) is 14.3. The Morgan fingerprint density at radius 2 is 2.03 bits per heavy atom. The van der Waals surface area contributed by atoms with Gasteiger partial charge in [0.25, 0.3) is 0 Å². The summed E-state index contributed by atoms with van der Waals surface area (Å²) in [7, 11) is 0. The number of rotatable bonds is 11. The van der Waals surface area contributed by atoms with Crippen LogP contribution >= 0.6 is 24.0 Å². The molecule has 6 nitrogen and oxygen atoms in total. The van der Waals surface area contributed by atoms with Gasteiger partial charge in [0.2, 0.25) is 0 Å². The highest BCUT2D eigenvalue weighted by atomic mass is 127. The molecule has 2 N–H and O–H groups in total. The third-order valence-electron chi connectivity index (χ3n) is 4.95. The number of benzene rings is 1. The van der Waals surface area contributed by atoms with Gasteiger partial charge in [0.15, 0.2) is 5.96 Å². The molecule has 0 bridgehead atoms.